The van der Waals surface area contributed by atoms with Crippen molar-refractivity contribution in [1.29, 1.82) is 0 Å². The van der Waals surface area contributed by atoms with Gasteiger partial charge in [-0.2, -0.15) is 0 Å². The Labute approximate surface area is 397 Å². The Morgan fingerprint density at radius 2 is 0.614 bits per heavy atom. The van der Waals surface area contributed by atoms with Crippen molar-refractivity contribution >= 4 is 181 Å². The van der Waals surface area contributed by atoms with Gasteiger partial charge >= 0.3 is 23.9 Å². The topological polar surface area (TPSA) is 105 Å². The van der Waals surface area contributed by atoms with Gasteiger partial charge in [-0.05, 0) is 76.4 Å². The summed E-state index contributed by atoms with van der Waals surface area (Å²) in [4.78, 5) is 53.5. The van der Waals surface area contributed by atoms with Crippen LogP contribution >= 0.6 is 143 Å². The molecule has 0 amide bonds. The van der Waals surface area contributed by atoms with Crippen LogP contribution in [-0.4, -0.2) is 108 Å². The van der Waals surface area contributed by atoms with Gasteiger partial charge in [-0.1, -0.05) is 149 Å². The summed E-state index contributed by atoms with van der Waals surface area (Å²) in [5.74, 6) is 1.14. The van der Waals surface area contributed by atoms with Crippen LogP contribution in [0.3, 0.4) is 0 Å². The fourth-order valence-electron chi connectivity index (χ4n) is 3.72. The summed E-state index contributed by atoms with van der Waals surface area (Å²) in [7, 11) is 0. The highest BCUT2D eigenvalue weighted by atomic mass is 32.2. The standard InChI is InChI=1S/C37H60O8S12/c1-9-13-17-50-33(46)54-25(5)29(38)42-21-37(22-43-30(39)26(6)55-34(47)51-18-14-10-2,23-44-31(40)27(7)56-35(48)52-19-15-11-3)24-45-32(41)28(8)57-36(49)53-20-16-12-4/h25-28H,9-24H2,1-8H3. The van der Waals surface area contributed by atoms with E-state index in [0.29, 0.717) is 14.1 Å². The van der Waals surface area contributed by atoms with E-state index >= 15 is 0 Å². The van der Waals surface area contributed by atoms with Gasteiger partial charge < -0.3 is 18.9 Å². The Kier molecular flexibility index (Phi) is 36.1. The largest absolute Gasteiger partial charge is 0.464 e. The minimum absolute atomic E-state index is 0.382. The van der Waals surface area contributed by atoms with E-state index in [1.165, 1.54) is 94.1 Å². The summed E-state index contributed by atoms with van der Waals surface area (Å²) in [5.41, 5.74) is -1.46. The molecule has 0 saturated carbocycles. The zero-order chi connectivity index (χ0) is 43.2. The van der Waals surface area contributed by atoms with Gasteiger partial charge in [-0.25, -0.2) is 0 Å². The van der Waals surface area contributed by atoms with Crippen LogP contribution in [0.1, 0.15) is 107 Å². The summed E-state index contributed by atoms with van der Waals surface area (Å²) in [6.07, 6.45) is 8.15. The number of rotatable bonds is 28. The van der Waals surface area contributed by atoms with Gasteiger partial charge in [-0.3, -0.25) is 19.2 Å². The lowest BCUT2D eigenvalue weighted by Crippen LogP contribution is -2.45. The third-order valence-electron chi connectivity index (χ3n) is 7.37. The molecule has 0 N–H and O–H groups in total. The van der Waals surface area contributed by atoms with Crippen molar-refractivity contribution in [3.63, 3.8) is 0 Å². The van der Waals surface area contributed by atoms with Crippen LogP contribution in [0, 0.1) is 5.41 Å². The van der Waals surface area contributed by atoms with E-state index in [2.05, 4.69) is 27.7 Å². The SMILES string of the molecule is CCCCSC(=S)SC(C)C(=O)OCC(COC(=O)C(C)SC(=S)SCCCC)(COC(=O)C(C)SC(=S)SCCCC)COC(=O)C(C)SC(=S)SCCCC. The molecule has 0 aromatic carbocycles. The second kappa shape index (κ2) is 35.5. The monoisotopic (exact) mass is 1020 g/mol. The molecule has 0 radical (unpaired) electrons. The Bertz CT molecular complexity index is 1080. The molecule has 0 aliphatic carbocycles. The zero-order valence-electron chi connectivity index (χ0n) is 34.3. The molecule has 20 heteroatoms. The first-order valence-electron chi connectivity index (χ1n) is 19.0. The van der Waals surface area contributed by atoms with Gasteiger partial charge in [0, 0.05) is 0 Å². The maximum absolute atomic E-state index is 13.4. The molecule has 328 valence electrons. The first kappa shape index (κ1) is 58.0. The van der Waals surface area contributed by atoms with Crippen LogP contribution in [-0.2, 0) is 38.1 Å². The van der Waals surface area contributed by atoms with Gasteiger partial charge in [0.1, 0.15) is 67.0 Å². The quantitative estimate of drug-likeness (QED) is 0.0321. The molecule has 0 aliphatic rings. The molecule has 4 unspecified atom stereocenters. The van der Waals surface area contributed by atoms with E-state index in [1.807, 2.05) is 0 Å². The fraction of sp³-hybridized carbons (Fsp3) is 0.784. The van der Waals surface area contributed by atoms with Gasteiger partial charge in [0.2, 0.25) is 0 Å². The molecule has 8 nitrogen and oxygen atoms in total. The minimum atomic E-state index is -1.46. The molecule has 0 aromatic heterocycles. The van der Waals surface area contributed by atoms with E-state index in [9.17, 15) is 19.2 Å². The van der Waals surface area contributed by atoms with E-state index in [4.69, 9.17) is 67.8 Å². The molecular formula is C37H60O8S12. The average Bonchev–Trinajstić information content (AvgIpc) is 3.16. The number of hydrogen-bond donors (Lipinski definition) is 0. The third kappa shape index (κ3) is 29.1. The lowest BCUT2D eigenvalue weighted by molar-refractivity contribution is -0.169. The van der Waals surface area contributed by atoms with Crippen molar-refractivity contribution in [2.24, 2.45) is 5.41 Å². The van der Waals surface area contributed by atoms with E-state index in [0.717, 1.165) is 74.4 Å². The zero-order valence-corrected chi connectivity index (χ0v) is 44.1. The molecular weight excluding hydrogens is 957 g/mol. The van der Waals surface area contributed by atoms with Crippen LogP contribution in [0.15, 0.2) is 0 Å². The first-order valence-corrected chi connectivity index (χ1v) is 28.1. The number of esters is 4. The van der Waals surface area contributed by atoms with Crippen LogP contribution < -0.4 is 0 Å². The van der Waals surface area contributed by atoms with Crippen LogP contribution in [0.4, 0.5) is 0 Å². The Morgan fingerprint density at radius 1 is 0.421 bits per heavy atom. The molecule has 0 saturated heterocycles. The lowest BCUT2D eigenvalue weighted by atomic mass is 9.92. The molecule has 0 heterocycles. The van der Waals surface area contributed by atoms with E-state index in [1.54, 1.807) is 27.7 Å². The lowest BCUT2D eigenvalue weighted by Gasteiger charge is -2.33. The maximum Gasteiger partial charge on any atom is 0.319 e. The first-order chi connectivity index (χ1) is 27.0. The highest BCUT2D eigenvalue weighted by Gasteiger charge is 2.40. The average molecular weight is 1020 g/mol. The molecule has 0 rings (SSSR count). The van der Waals surface area contributed by atoms with E-state index in [-0.39, 0.29) is 26.4 Å². The molecule has 57 heavy (non-hydrogen) atoms. The molecule has 4 atom stereocenters. The predicted molar refractivity (Wildman–Crippen MR) is 274 cm³/mol. The van der Waals surface area contributed by atoms with Crippen molar-refractivity contribution in [2.75, 3.05) is 49.4 Å². The molecule has 0 bridgehead atoms. The highest BCUT2D eigenvalue weighted by molar-refractivity contribution is 8.49. The maximum atomic E-state index is 13.4. The van der Waals surface area contributed by atoms with Crippen molar-refractivity contribution in [3.05, 3.63) is 0 Å². The van der Waals surface area contributed by atoms with Gasteiger partial charge in [0.05, 0.1) is 0 Å². The van der Waals surface area contributed by atoms with Crippen molar-refractivity contribution in [3.8, 4) is 0 Å². The van der Waals surface area contributed by atoms with Crippen molar-refractivity contribution in [2.45, 2.75) is 128 Å². The fourth-order valence-corrected chi connectivity index (χ4v) is 14.5. The predicted octanol–water partition coefficient (Wildman–Crippen LogP) is 11.9. The molecule has 0 aliphatic heterocycles. The summed E-state index contributed by atoms with van der Waals surface area (Å²) >= 11 is 32.9. The van der Waals surface area contributed by atoms with Crippen LogP contribution in [0.25, 0.3) is 0 Å². The normalized spacial score (nSPS) is 14.3. The molecule has 0 aromatic rings. The Hall–Kier alpha value is 1.04. The van der Waals surface area contributed by atoms with Crippen LogP contribution in [0.5, 0.6) is 0 Å². The summed E-state index contributed by atoms with van der Waals surface area (Å²) in [5, 5.41) is -2.59. The number of ether oxygens (including phenoxy) is 4. The van der Waals surface area contributed by atoms with Gasteiger partial charge in [0.15, 0.2) is 0 Å². The number of unbranched alkanes of at least 4 members (excludes halogenated alkanes) is 4. The van der Waals surface area contributed by atoms with Crippen LogP contribution in [0.2, 0.25) is 0 Å². The summed E-state index contributed by atoms with van der Waals surface area (Å²) < 4.78 is 25.9. The van der Waals surface area contributed by atoms with E-state index < -0.39 is 50.3 Å². The smallest absolute Gasteiger partial charge is 0.319 e. The second-order valence-corrected chi connectivity index (χ2v) is 27.3. The van der Waals surface area contributed by atoms with Gasteiger partial charge in [0.25, 0.3) is 0 Å². The number of thiocarbonyl (C=S) groups is 4. The summed E-state index contributed by atoms with van der Waals surface area (Å²) in [6.45, 7) is 13.7. The molecule has 0 spiro atoms. The highest BCUT2D eigenvalue weighted by Crippen LogP contribution is 2.30. The number of carbonyl (C=O) groups is 4. The number of thioether (sulfide) groups is 8. The third-order valence-corrected chi connectivity index (χ3v) is 18.4. The Morgan fingerprint density at radius 3 is 0.789 bits per heavy atom. The number of carbonyl (C=O) groups excluding carboxylic acids is 4. The summed E-state index contributed by atoms with van der Waals surface area (Å²) in [6, 6.07) is 0. The van der Waals surface area contributed by atoms with Crippen molar-refractivity contribution < 1.29 is 38.1 Å². The minimum Gasteiger partial charge on any atom is -0.464 e. The van der Waals surface area contributed by atoms with Crippen molar-refractivity contribution in [1.82, 2.24) is 0 Å². The second-order valence-electron chi connectivity index (χ2n) is 12.8. The Balaban J connectivity index is 6.36. The van der Waals surface area contributed by atoms with Gasteiger partial charge in [-0.15, -0.1) is 47.0 Å². The number of hydrogen-bond acceptors (Lipinski definition) is 20. The molecule has 0 fully saturated rings.